The maximum Gasteiger partial charge on any atom is 0.127 e. The standard InChI is InChI=1S/C9H5BrN2/c10-9(6-12)8-4-2-1-3-7(8)5-11/h1-4,9H/t9-/m0/s1. The van der Waals surface area contributed by atoms with Gasteiger partial charge in [0.2, 0.25) is 0 Å². The van der Waals surface area contributed by atoms with Gasteiger partial charge in [0.1, 0.15) is 4.83 Å². The number of benzene rings is 1. The van der Waals surface area contributed by atoms with Crippen LogP contribution in [0, 0.1) is 22.7 Å². The molecule has 0 amide bonds. The normalized spacial score (nSPS) is 11.2. The van der Waals surface area contributed by atoms with E-state index < -0.39 is 4.83 Å². The molecule has 0 saturated carbocycles. The zero-order valence-corrected chi connectivity index (χ0v) is 7.75. The van der Waals surface area contributed by atoms with Crippen LogP contribution >= 0.6 is 15.9 Å². The molecule has 1 aromatic carbocycles. The van der Waals surface area contributed by atoms with Gasteiger partial charge in [0.25, 0.3) is 0 Å². The molecule has 0 N–H and O–H groups in total. The molecule has 12 heavy (non-hydrogen) atoms. The first-order chi connectivity index (χ1) is 5.79. The van der Waals surface area contributed by atoms with Gasteiger partial charge in [0.15, 0.2) is 0 Å². The van der Waals surface area contributed by atoms with E-state index in [0.29, 0.717) is 5.56 Å². The molecule has 0 spiro atoms. The Balaban J connectivity index is 3.18. The van der Waals surface area contributed by atoms with E-state index >= 15 is 0 Å². The van der Waals surface area contributed by atoms with Crippen molar-refractivity contribution >= 4 is 15.9 Å². The average Bonchev–Trinajstić information content (AvgIpc) is 2.16. The fourth-order valence-electron chi connectivity index (χ4n) is 0.889. The van der Waals surface area contributed by atoms with Crippen LogP contribution in [0.5, 0.6) is 0 Å². The fraction of sp³-hybridized carbons (Fsp3) is 0.111. The van der Waals surface area contributed by atoms with Crippen molar-refractivity contribution < 1.29 is 0 Å². The summed E-state index contributed by atoms with van der Waals surface area (Å²) in [6.45, 7) is 0. The minimum absolute atomic E-state index is 0.395. The summed E-state index contributed by atoms with van der Waals surface area (Å²) in [5.74, 6) is 0. The Morgan fingerprint density at radius 2 is 1.92 bits per heavy atom. The van der Waals surface area contributed by atoms with Crippen molar-refractivity contribution in [2.45, 2.75) is 4.83 Å². The van der Waals surface area contributed by atoms with Crippen LogP contribution in [-0.4, -0.2) is 0 Å². The summed E-state index contributed by atoms with van der Waals surface area (Å²) in [6, 6.07) is 11.1. The van der Waals surface area contributed by atoms with Gasteiger partial charge in [-0.3, -0.25) is 0 Å². The summed E-state index contributed by atoms with van der Waals surface area (Å²) in [6.07, 6.45) is 0. The molecule has 0 aromatic heterocycles. The Morgan fingerprint density at radius 1 is 1.25 bits per heavy atom. The van der Waals surface area contributed by atoms with Gasteiger partial charge in [-0.05, 0) is 11.6 Å². The van der Waals surface area contributed by atoms with Crippen LogP contribution in [-0.2, 0) is 0 Å². The second kappa shape index (κ2) is 3.90. The summed E-state index contributed by atoms with van der Waals surface area (Å²) in [7, 11) is 0. The lowest BCUT2D eigenvalue weighted by Gasteiger charge is -2.01. The number of alkyl halides is 1. The minimum Gasteiger partial charge on any atom is -0.197 e. The number of hydrogen-bond acceptors (Lipinski definition) is 2. The third-order valence-corrected chi connectivity index (χ3v) is 2.17. The lowest BCUT2D eigenvalue weighted by molar-refractivity contribution is 1.23. The van der Waals surface area contributed by atoms with Gasteiger partial charge >= 0.3 is 0 Å². The molecule has 0 saturated heterocycles. The molecule has 2 nitrogen and oxygen atoms in total. The number of nitriles is 2. The second-order valence-corrected chi connectivity index (χ2v) is 3.11. The van der Waals surface area contributed by atoms with Gasteiger partial charge in [-0.2, -0.15) is 10.5 Å². The van der Waals surface area contributed by atoms with Crippen molar-refractivity contribution in [3.8, 4) is 12.1 Å². The van der Waals surface area contributed by atoms with Crippen molar-refractivity contribution in [2.75, 3.05) is 0 Å². The Morgan fingerprint density at radius 3 is 2.50 bits per heavy atom. The molecule has 0 unspecified atom stereocenters. The maximum atomic E-state index is 8.68. The Kier molecular flexibility index (Phi) is 2.85. The Hall–Kier alpha value is -1.32. The molecule has 0 heterocycles. The quantitative estimate of drug-likeness (QED) is 0.684. The number of rotatable bonds is 1. The molecular formula is C9H5BrN2. The molecule has 0 aliphatic carbocycles. The molecule has 0 aliphatic rings. The highest BCUT2D eigenvalue weighted by atomic mass is 79.9. The third-order valence-electron chi connectivity index (χ3n) is 1.47. The van der Waals surface area contributed by atoms with E-state index in [9.17, 15) is 0 Å². The van der Waals surface area contributed by atoms with E-state index in [-0.39, 0.29) is 0 Å². The van der Waals surface area contributed by atoms with E-state index in [2.05, 4.69) is 15.9 Å². The molecule has 58 valence electrons. The van der Waals surface area contributed by atoms with Gasteiger partial charge in [0.05, 0.1) is 17.7 Å². The molecule has 0 bridgehead atoms. The van der Waals surface area contributed by atoms with E-state index in [0.717, 1.165) is 5.56 Å². The lowest BCUT2D eigenvalue weighted by Crippen LogP contribution is -1.89. The number of hydrogen-bond donors (Lipinski definition) is 0. The summed E-state index contributed by atoms with van der Waals surface area (Å²) in [5, 5.41) is 17.3. The van der Waals surface area contributed by atoms with Crippen LogP contribution in [0.3, 0.4) is 0 Å². The largest absolute Gasteiger partial charge is 0.197 e. The predicted octanol–water partition coefficient (Wildman–Crippen LogP) is 2.52. The molecule has 1 aromatic rings. The lowest BCUT2D eigenvalue weighted by atomic mass is 10.1. The Bertz CT molecular complexity index is 360. The first-order valence-electron chi connectivity index (χ1n) is 3.32. The van der Waals surface area contributed by atoms with Gasteiger partial charge in [0, 0.05) is 0 Å². The first kappa shape index (κ1) is 8.77. The average molecular weight is 221 g/mol. The molecule has 0 aliphatic heterocycles. The Labute approximate surface area is 79.2 Å². The van der Waals surface area contributed by atoms with E-state index in [4.69, 9.17) is 10.5 Å². The van der Waals surface area contributed by atoms with E-state index in [1.807, 2.05) is 18.2 Å². The monoisotopic (exact) mass is 220 g/mol. The highest BCUT2D eigenvalue weighted by Crippen LogP contribution is 2.24. The molecule has 1 rings (SSSR count). The minimum atomic E-state index is -0.395. The van der Waals surface area contributed by atoms with Crippen molar-refractivity contribution in [3.05, 3.63) is 35.4 Å². The molecule has 3 heteroatoms. The summed E-state index contributed by atoms with van der Waals surface area (Å²) in [5.41, 5.74) is 1.27. The summed E-state index contributed by atoms with van der Waals surface area (Å²) < 4.78 is 0. The van der Waals surface area contributed by atoms with Gasteiger partial charge in [-0.15, -0.1) is 0 Å². The second-order valence-electron chi connectivity index (χ2n) is 2.19. The number of halogens is 1. The van der Waals surface area contributed by atoms with Gasteiger partial charge < -0.3 is 0 Å². The van der Waals surface area contributed by atoms with Crippen LogP contribution in [0.2, 0.25) is 0 Å². The van der Waals surface area contributed by atoms with E-state index in [1.54, 1.807) is 18.2 Å². The fourth-order valence-corrected chi connectivity index (χ4v) is 1.29. The highest BCUT2D eigenvalue weighted by molar-refractivity contribution is 9.09. The van der Waals surface area contributed by atoms with Gasteiger partial charge in [-0.1, -0.05) is 34.1 Å². The highest BCUT2D eigenvalue weighted by Gasteiger charge is 2.09. The molecule has 1 atom stereocenters. The van der Waals surface area contributed by atoms with Crippen LogP contribution < -0.4 is 0 Å². The van der Waals surface area contributed by atoms with Crippen LogP contribution in [0.1, 0.15) is 16.0 Å². The molecule has 0 radical (unpaired) electrons. The maximum absolute atomic E-state index is 8.68. The van der Waals surface area contributed by atoms with Crippen molar-refractivity contribution in [2.24, 2.45) is 0 Å². The van der Waals surface area contributed by atoms with Crippen LogP contribution in [0.4, 0.5) is 0 Å². The topological polar surface area (TPSA) is 47.6 Å². The van der Waals surface area contributed by atoms with Crippen molar-refractivity contribution in [1.82, 2.24) is 0 Å². The smallest absolute Gasteiger partial charge is 0.127 e. The summed E-state index contributed by atoms with van der Waals surface area (Å²) >= 11 is 3.16. The van der Waals surface area contributed by atoms with Crippen molar-refractivity contribution in [3.63, 3.8) is 0 Å². The number of nitrogens with zero attached hydrogens (tertiary/aromatic N) is 2. The predicted molar refractivity (Wildman–Crippen MR) is 48.4 cm³/mol. The van der Waals surface area contributed by atoms with Crippen LogP contribution in [0.15, 0.2) is 24.3 Å². The molecule has 0 fully saturated rings. The third kappa shape index (κ3) is 1.64. The van der Waals surface area contributed by atoms with Crippen molar-refractivity contribution in [1.29, 1.82) is 10.5 Å². The molecular weight excluding hydrogens is 216 g/mol. The van der Waals surface area contributed by atoms with Crippen LogP contribution in [0.25, 0.3) is 0 Å². The zero-order chi connectivity index (χ0) is 8.97. The first-order valence-corrected chi connectivity index (χ1v) is 4.24. The van der Waals surface area contributed by atoms with E-state index in [1.165, 1.54) is 0 Å². The zero-order valence-electron chi connectivity index (χ0n) is 6.16. The SMILES string of the molecule is N#Cc1ccccc1[C@@H](Br)C#N. The summed E-state index contributed by atoms with van der Waals surface area (Å²) in [4.78, 5) is -0.395. The van der Waals surface area contributed by atoms with Gasteiger partial charge in [-0.25, -0.2) is 0 Å².